The van der Waals surface area contributed by atoms with Crippen molar-refractivity contribution in [1.82, 2.24) is 15.3 Å². The minimum absolute atomic E-state index is 0.442. The first-order valence-electron chi connectivity index (χ1n) is 7.16. The number of methoxy groups -OCH3 is 1. The average molecular weight is 316 g/mol. The third-order valence-corrected chi connectivity index (χ3v) is 3.28. The number of hydrogen-bond donors (Lipinski definition) is 2. The van der Waals surface area contributed by atoms with Crippen LogP contribution in [0.15, 0.2) is 36.4 Å². The Morgan fingerprint density at radius 2 is 2.00 bits per heavy atom. The lowest BCUT2D eigenvalue weighted by atomic mass is 10.1. The predicted molar refractivity (Wildman–Crippen MR) is 92.3 cm³/mol. The fourth-order valence-corrected chi connectivity index (χ4v) is 2.18. The molecule has 0 saturated heterocycles. The van der Waals surface area contributed by atoms with Gasteiger partial charge in [-0.25, -0.2) is 4.98 Å². The van der Waals surface area contributed by atoms with Crippen molar-refractivity contribution in [3.05, 3.63) is 47.7 Å². The maximum absolute atomic E-state index is 5.25. The molecule has 0 spiro atoms. The van der Waals surface area contributed by atoms with Gasteiger partial charge in [0.25, 0.3) is 0 Å². The molecule has 0 amide bonds. The van der Waals surface area contributed by atoms with Crippen molar-refractivity contribution in [3.8, 4) is 5.88 Å². The van der Waals surface area contributed by atoms with Gasteiger partial charge in [0.2, 0.25) is 11.8 Å². The van der Waals surface area contributed by atoms with E-state index in [9.17, 15) is 0 Å². The van der Waals surface area contributed by atoms with E-state index in [0.29, 0.717) is 16.9 Å². The van der Waals surface area contributed by atoms with Gasteiger partial charge in [-0.1, -0.05) is 30.3 Å². The van der Waals surface area contributed by atoms with E-state index in [1.54, 1.807) is 13.2 Å². The highest BCUT2D eigenvalue weighted by Crippen LogP contribution is 2.10. The van der Waals surface area contributed by atoms with Crippen LogP contribution in [-0.4, -0.2) is 28.7 Å². The Balaban J connectivity index is 1.75. The molecule has 1 heterocycles. The Bertz CT molecular complexity index is 619. The molecule has 116 valence electrons. The monoisotopic (exact) mass is 316 g/mol. The van der Waals surface area contributed by atoms with Crippen LogP contribution in [0.2, 0.25) is 0 Å². The molecule has 0 atom stereocenters. The molecule has 1 aromatic heterocycles. The van der Waals surface area contributed by atoms with Crippen molar-refractivity contribution < 1.29 is 4.74 Å². The van der Waals surface area contributed by atoms with E-state index >= 15 is 0 Å². The molecule has 6 heteroatoms. The van der Waals surface area contributed by atoms with Crippen LogP contribution in [0.4, 0.5) is 5.95 Å². The Hall–Kier alpha value is -2.21. The summed E-state index contributed by atoms with van der Waals surface area (Å²) in [5.74, 6) is 0.958. The largest absolute Gasteiger partial charge is 0.481 e. The fourth-order valence-electron chi connectivity index (χ4n) is 1.98. The molecule has 0 radical (unpaired) electrons. The number of nitrogens with one attached hydrogen (secondary N) is 2. The SMILES string of the molecule is COc1cc(C)nc(NC(=S)NCCCc2ccccc2)n1. The summed E-state index contributed by atoms with van der Waals surface area (Å²) in [5.41, 5.74) is 2.15. The van der Waals surface area contributed by atoms with Gasteiger partial charge in [-0.05, 0) is 37.5 Å². The van der Waals surface area contributed by atoms with Crippen LogP contribution >= 0.6 is 12.2 Å². The molecule has 22 heavy (non-hydrogen) atoms. The number of rotatable bonds is 6. The van der Waals surface area contributed by atoms with Crippen LogP contribution in [0, 0.1) is 6.92 Å². The zero-order valence-corrected chi connectivity index (χ0v) is 13.6. The van der Waals surface area contributed by atoms with Crippen LogP contribution in [0.1, 0.15) is 17.7 Å². The third-order valence-electron chi connectivity index (χ3n) is 3.04. The summed E-state index contributed by atoms with van der Waals surface area (Å²) in [6, 6.07) is 12.2. The van der Waals surface area contributed by atoms with Gasteiger partial charge in [-0.2, -0.15) is 4.98 Å². The maximum Gasteiger partial charge on any atom is 0.232 e. The summed E-state index contributed by atoms with van der Waals surface area (Å²) in [7, 11) is 1.58. The molecule has 2 N–H and O–H groups in total. The number of anilines is 1. The van der Waals surface area contributed by atoms with Crippen molar-refractivity contribution in [1.29, 1.82) is 0 Å². The Kier molecular flexibility index (Phi) is 6.09. The van der Waals surface area contributed by atoms with Crippen LogP contribution in [0.25, 0.3) is 0 Å². The minimum atomic E-state index is 0.442. The second-order valence-electron chi connectivity index (χ2n) is 4.85. The van der Waals surface area contributed by atoms with Crippen molar-refractivity contribution in [2.45, 2.75) is 19.8 Å². The number of aromatic nitrogens is 2. The highest BCUT2D eigenvalue weighted by atomic mass is 32.1. The summed E-state index contributed by atoms with van der Waals surface area (Å²) in [4.78, 5) is 8.46. The summed E-state index contributed by atoms with van der Waals surface area (Å²) in [6.07, 6.45) is 2.02. The van der Waals surface area contributed by atoms with Gasteiger partial charge in [0.05, 0.1) is 7.11 Å². The topological polar surface area (TPSA) is 59.1 Å². The van der Waals surface area contributed by atoms with Crippen molar-refractivity contribution in [2.75, 3.05) is 19.0 Å². The molecule has 5 nitrogen and oxygen atoms in total. The fraction of sp³-hybridized carbons (Fsp3) is 0.312. The molecular formula is C16H20N4OS. The molecule has 1 aromatic carbocycles. The molecule has 0 aliphatic heterocycles. The van der Waals surface area contributed by atoms with Crippen molar-refractivity contribution >= 4 is 23.3 Å². The third kappa shape index (κ3) is 5.29. The maximum atomic E-state index is 5.25. The molecule has 0 unspecified atom stereocenters. The molecule has 0 saturated carbocycles. The number of ether oxygens (including phenoxy) is 1. The quantitative estimate of drug-likeness (QED) is 0.631. The molecule has 0 aliphatic rings. The second-order valence-corrected chi connectivity index (χ2v) is 5.25. The lowest BCUT2D eigenvalue weighted by Gasteiger charge is -2.10. The van der Waals surface area contributed by atoms with E-state index in [1.807, 2.05) is 13.0 Å². The zero-order chi connectivity index (χ0) is 15.8. The highest BCUT2D eigenvalue weighted by molar-refractivity contribution is 7.80. The van der Waals surface area contributed by atoms with Crippen molar-refractivity contribution in [3.63, 3.8) is 0 Å². The normalized spacial score (nSPS) is 10.1. The van der Waals surface area contributed by atoms with Gasteiger partial charge < -0.3 is 15.4 Å². The van der Waals surface area contributed by atoms with E-state index in [2.05, 4.69) is 44.9 Å². The van der Waals surface area contributed by atoms with Crippen LogP contribution in [0.5, 0.6) is 5.88 Å². The van der Waals surface area contributed by atoms with Gasteiger partial charge >= 0.3 is 0 Å². The predicted octanol–water partition coefficient (Wildman–Crippen LogP) is 2.71. The van der Waals surface area contributed by atoms with Gasteiger partial charge in [-0.3, -0.25) is 0 Å². The second kappa shape index (κ2) is 8.29. The molecule has 0 fully saturated rings. The molecule has 0 bridgehead atoms. The zero-order valence-electron chi connectivity index (χ0n) is 12.8. The van der Waals surface area contributed by atoms with Crippen LogP contribution < -0.4 is 15.4 Å². The first-order valence-corrected chi connectivity index (χ1v) is 7.56. The van der Waals surface area contributed by atoms with E-state index in [0.717, 1.165) is 25.1 Å². The van der Waals surface area contributed by atoms with E-state index in [1.165, 1.54) is 5.56 Å². The number of nitrogens with zero attached hydrogens (tertiary/aromatic N) is 2. The lowest BCUT2D eigenvalue weighted by Crippen LogP contribution is -2.30. The molecule has 2 rings (SSSR count). The summed E-state index contributed by atoms with van der Waals surface area (Å²) >= 11 is 5.25. The lowest BCUT2D eigenvalue weighted by molar-refractivity contribution is 0.397. The van der Waals surface area contributed by atoms with Crippen LogP contribution in [-0.2, 0) is 6.42 Å². The number of hydrogen-bond acceptors (Lipinski definition) is 4. The van der Waals surface area contributed by atoms with E-state index in [4.69, 9.17) is 17.0 Å². The smallest absolute Gasteiger partial charge is 0.232 e. The summed E-state index contributed by atoms with van der Waals surface area (Å²) < 4.78 is 5.11. The Morgan fingerprint density at radius 1 is 1.23 bits per heavy atom. The van der Waals surface area contributed by atoms with Gasteiger partial charge in [0.15, 0.2) is 5.11 Å². The Labute approximate surface area is 136 Å². The van der Waals surface area contributed by atoms with E-state index < -0.39 is 0 Å². The van der Waals surface area contributed by atoms with Crippen LogP contribution in [0.3, 0.4) is 0 Å². The van der Waals surface area contributed by atoms with Gasteiger partial charge in [0.1, 0.15) is 0 Å². The average Bonchev–Trinajstić information content (AvgIpc) is 2.52. The number of thiocarbonyl (C=S) groups is 1. The Morgan fingerprint density at radius 3 is 2.73 bits per heavy atom. The first-order chi connectivity index (χ1) is 10.7. The van der Waals surface area contributed by atoms with Crippen molar-refractivity contribution in [2.24, 2.45) is 0 Å². The molecule has 0 aliphatic carbocycles. The minimum Gasteiger partial charge on any atom is -0.481 e. The number of aryl methyl sites for hydroxylation is 2. The molecule has 2 aromatic rings. The van der Waals surface area contributed by atoms with Gasteiger partial charge in [0, 0.05) is 18.3 Å². The summed E-state index contributed by atoms with van der Waals surface area (Å²) in [5, 5.41) is 6.65. The highest BCUT2D eigenvalue weighted by Gasteiger charge is 2.04. The summed E-state index contributed by atoms with van der Waals surface area (Å²) in [6.45, 7) is 2.68. The van der Waals surface area contributed by atoms with E-state index in [-0.39, 0.29) is 0 Å². The van der Waals surface area contributed by atoms with Gasteiger partial charge in [-0.15, -0.1) is 0 Å². The number of benzene rings is 1. The standard InChI is InChI=1S/C16H20N4OS/c1-12-11-14(21-2)19-15(18-12)20-16(22)17-10-6-9-13-7-4-3-5-8-13/h3-5,7-8,11H,6,9-10H2,1-2H3,(H2,17,18,19,20,22). The first kappa shape index (κ1) is 16.2. The molecular weight excluding hydrogens is 296 g/mol.